The minimum absolute atomic E-state index is 0.323. The molecule has 0 amide bonds. The summed E-state index contributed by atoms with van der Waals surface area (Å²) in [6.07, 6.45) is 0. The molecule has 104 valence electrons. The van der Waals surface area contributed by atoms with Crippen LogP contribution in [0.3, 0.4) is 0 Å². The summed E-state index contributed by atoms with van der Waals surface area (Å²) in [5.41, 5.74) is 0. The van der Waals surface area contributed by atoms with E-state index >= 15 is 0 Å². The fourth-order valence-corrected chi connectivity index (χ4v) is 3.23. The van der Waals surface area contributed by atoms with E-state index in [1.807, 2.05) is 0 Å². The first kappa shape index (κ1) is 12.9. The first-order chi connectivity index (χ1) is 9.29. The molecule has 8 heteroatoms. The van der Waals surface area contributed by atoms with Crippen LogP contribution in [0.1, 0.15) is 23.8 Å². The Balaban J connectivity index is 1.83. The van der Waals surface area contributed by atoms with Gasteiger partial charge in [-0.25, -0.2) is 0 Å². The smallest absolute Gasteiger partial charge is 0.234 e. The lowest BCUT2D eigenvalue weighted by molar-refractivity contribution is 0.174. The van der Waals surface area contributed by atoms with Crippen molar-refractivity contribution >= 4 is 16.3 Å². The molecule has 1 aliphatic heterocycles. The van der Waals surface area contributed by atoms with E-state index in [-0.39, 0.29) is 0 Å². The van der Waals surface area contributed by atoms with Crippen LogP contribution >= 0.6 is 11.3 Å². The van der Waals surface area contributed by atoms with Crippen LogP contribution in [0.4, 0.5) is 0 Å². The monoisotopic (exact) mass is 282 g/mol. The van der Waals surface area contributed by atoms with Crippen molar-refractivity contribution < 1.29 is 4.74 Å². The van der Waals surface area contributed by atoms with Crippen LogP contribution in [0.2, 0.25) is 0 Å². The lowest BCUT2D eigenvalue weighted by atomic mass is 10.2. The normalized spacial score (nSPS) is 19.1. The fraction of sp³-hybridized carbons (Fsp3) is 0.727. The van der Waals surface area contributed by atoms with Gasteiger partial charge in [0.15, 0.2) is 5.82 Å². The van der Waals surface area contributed by atoms with Crippen molar-refractivity contribution in [2.45, 2.75) is 19.6 Å². The van der Waals surface area contributed by atoms with E-state index in [4.69, 9.17) is 4.74 Å². The molecule has 1 saturated heterocycles. The van der Waals surface area contributed by atoms with Crippen LogP contribution in [-0.2, 0) is 11.3 Å². The molecule has 1 atom stereocenters. The molecule has 0 saturated carbocycles. The molecule has 0 aromatic carbocycles. The molecule has 7 nitrogen and oxygen atoms in total. The van der Waals surface area contributed by atoms with Gasteiger partial charge in [-0.3, -0.25) is 4.90 Å². The molecule has 1 N–H and O–H groups in total. The summed E-state index contributed by atoms with van der Waals surface area (Å²) in [5.74, 6) is 0.757. The second-order valence-electron chi connectivity index (χ2n) is 4.65. The van der Waals surface area contributed by atoms with Crippen LogP contribution < -0.4 is 5.32 Å². The van der Waals surface area contributed by atoms with Crippen molar-refractivity contribution in [1.82, 2.24) is 30.0 Å². The molecule has 0 bridgehead atoms. The summed E-state index contributed by atoms with van der Waals surface area (Å²) in [5, 5.41) is 17.3. The van der Waals surface area contributed by atoms with Gasteiger partial charge in [0.1, 0.15) is 11.6 Å². The second kappa shape index (κ2) is 5.49. The van der Waals surface area contributed by atoms with Gasteiger partial charge in [0.2, 0.25) is 4.96 Å². The molecule has 2 aromatic rings. The largest absolute Gasteiger partial charge is 0.377 e. The van der Waals surface area contributed by atoms with Crippen LogP contribution in [0.25, 0.3) is 4.96 Å². The zero-order chi connectivity index (χ0) is 13.2. The molecule has 0 radical (unpaired) electrons. The van der Waals surface area contributed by atoms with Gasteiger partial charge in [-0.15, -0.1) is 10.2 Å². The molecule has 1 unspecified atom stereocenters. The Kier molecular flexibility index (Phi) is 3.74. The SMILES string of the molecule is COCc1nnc2sc(C(C)N3CCNCC3)nn12. The highest BCUT2D eigenvalue weighted by molar-refractivity contribution is 7.16. The molecular formula is C11H18N6OS. The summed E-state index contributed by atoms with van der Waals surface area (Å²) >= 11 is 1.61. The van der Waals surface area contributed by atoms with E-state index in [9.17, 15) is 0 Å². The van der Waals surface area contributed by atoms with E-state index in [0.29, 0.717) is 12.6 Å². The lowest BCUT2D eigenvalue weighted by Crippen LogP contribution is -2.44. The van der Waals surface area contributed by atoms with Crippen molar-refractivity contribution in [3.05, 3.63) is 10.8 Å². The summed E-state index contributed by atoms with van der Waals surface area (Å²) in [6, 6.07) is 0.323. The number of methoxy groups -OCH3 is 1. The van der Waals surface area contributed by atoms with Crippen molar-refractivity contribution in [3.8, 4) is 0 Å². The maximum atomic E-state index is 5.10. The average molecular weight is 282 g/mol. The van der Waals surface area contributed by atoms with E-state index in [0.717, 1.165) is 42.0 Å². The Hall–Kier alpha value is -1.09. The minimum Gasteiger partial charge on any atom is -0.377 e. The quantitative estimate of drug-likeness (QED) is 0.870. The predicted molar refractivity (Wildman–Crippen MR) is 72.2 cm³/mol. The first-order valence-electron chi connectivity index (χ1n) is 6.44. The Morgan fingerprint density at radius 3 is 2.89 bits per heavy atom. The average Bonchev–Trinajstić information content (AvgIpc) is 3.01. The fourth-order valence-electron chi connectivity index (χ4n) is 2.29. The number of rotatable bonds is 4. The zero-order valence-corrected chi connectivity index (χ0v) is 12.0. The number of ether oxygens (including phenoxy) is 1. The Morgan fingerprint density at radius 2 is 2.16 bits per heavy atom. The van der Waals surface area contributed by atoms with E-state index < -0.39 is 0 Å². The molecule has 19 heavy (non-hydrogen) atoms. The highest BCUT2D eigenvalue weighted by Crippen LogP contribution is 2.25. The number of nitrogens with zero attached hydrogens (tertiary/aromatic N) is 5. The van der Waals surface area contributed by atoms with E-state index in [1.54, 1.807) is 23.0 Å². The number of fused-ring (bicyclic) bond motifs is 1. The third-order valence-corrected chi connectivity index (χ3v) is 4.47. The van der Waals surface area contributed by atoms with Gasteiger partial charge in [0.25, 0.3) is 0 Å². The van der Waals surface area contributed by atoms with Crippen LogP contribution in [0, 0.1) is 0 Å². The molecule has 3 heterocycles. The Morgan fingerprint density at radius 1 is 1.37 bits per heavy atom. The maximum absolute atomic E-state index is 5.10. The van der Waals surface area contributed by atoms with Gasteiger partial charge < -0.3 is 10.1 Å². The number of aromatic nitrogens is 4. The second-order valence-corrected chi connectivity index (χ2v) is 5.63. The van der Waals surface area contributed by atoms with E-state index in [2.05, 4.69) is 32.4 Å². The summed E-state index contributed by atoms with van der Waals surface area (Å²) in [7, 11) is 1.65. The van der Waals surface area contributed by atoms with Crippen molar-refractivity contribution in [1.29, 1.82) is 0 Å². The topological polar surface area (TPSA) is 67.6 Å². The zero-order valence-electron chi connectivity index (χ0n) is 11.2. The highest BCUT2D eigenvalue weighted by Gasteiger charge is 2.22. The molecule has 1 aliphatic rings. The first-order valence-corrected chi connectivity index (χ1v) is 7.26. The number of hydrogen-bond donors (Lipinski definition) is 1. The number of piperazine rings is 1. The van der Waals surface area contributed by atoms with Crippen molar-refractivity contribution in [3.63, 3.8) is 0 Å². The Labute approximate surface area is 115 Å². The van der Waals surface area contributed by atoms with Gasteiger partial charge in [0.05, 0.1) is 6.04 Å². The molecule has 0 aliphatic carbocycles. The lowest BCUT2D eigenvalue weighted by Gasteiger charge is -2.31. The molecule has 0 spiro atoms. The number of hydrogen-bond acceptors (Lipinski definition) is 7. The molecule has 2 aromatic heterocycles. The molecule has 3 rings (SSSR count). The summed E-state index contributed by atoms with van der Waals surface area (Å²) in [6.45, 7) is 6.85. The van der Waals surface area contributed by atoms with Crippen molar-refractivity contribution in [2.75, 3.05) is 33.3 Å². The van der Waals surface area contributed by atoms with Gasteiger partial charge in [-0.1, -0.05) is 11.3 Å². The summed E-state index contributed by atoms with van der Waals surface area (Å²) < 4.78 is 6.90. The third-order valence-electron chi connectivity index (χ3n) is 3.40. The molecular weight excluding hydrogens is 264 g/mol. The minimum atomic E-state index is 0.323. The van der Waals surface area contributed by atoms with E-state index in [1.165, 1.54) is 0 Å². The standard InChI is InChI=1S/C11H18N6OS/c1-8(16-5-3-12-4-6-16)10-15-17-9(7-18-2)13-14-11(17)19-10/h8,12H,3-7H2,1-2H3. The van der Waals surface area contributed by atoms with Crippen LogP contribution in [-0.4, -0.2) is 58.0 Å². The number of nitrogens with one attached hydrogen (secondary N) is 1. The van der Waals surface area contributed by atoms with Crippen molar-refractivity contribution in [2.24, 2.45) is 0 Å². The van der Waals surface area contributed by atoms with Gasteiger partial charge >= 0.3 is 0 Å². The predicted octanol–water partition coefficient (Wildman–Crippen LogP) is 0.298. The summed E-state index contributed by atoms with van der Waals surface area (Å²) in [4.78, 5) is 3.28. The van der Waals surface area contributed by atoms with Gasteiger partial charge in [-0.2, -0.15) is 9.61 Å². The van der Waals surface area contributed by atoms with Crippen LogP contribution in [0.15, 0.2) is 0 Å². The van der Waals surface area contributed by atoms with Crippen LogP contribution in [0.5, 0.6) is 0 Å². The van der Waals surface area contributed by atoms with Gasteiger partial charge in [-0.05, 0) is 6.92 Å². The molecule has 1 fully saturated rings. The highest BCUT2D eigenvalue weighted by atomic mass is 32.1. The maximum Gasteiger partial charge on any atom is 0.234 e. The van der Waals surface area contributed by atoms with Gasteiger partial charge in [0, 0.05) is 33.3 Å². The Bertz CT molecular complexity index is 546. The third kappa shape index (κ3) is 2.48.